The van der Waals surface area contributed by atoms with Gasteiger partial charge in [-0.25, -0.2) is 0 Å². The van der Waals surface area contributed by atoms with Gasteiger partial charge in [-0.05, 0) is 38.0 Å². The number of fused-ring (bicyclic) bond motifs is 1. The standard InChI is InChI=1S/C19H24N2O4S/c1-11-17(22)21-15-10-12(8-9-16(15)26-11)18(23)20-14-7-5-3-2-4-6-13(14)19(24)25/h8-11,13-14H,2-7H2,1H3,(H,20,23)(H,21,22)(H,24,25). The first-order valence-electron chi connectivity index (χ1n) is 9.11. The van der Waals surface area contributed by atoms with Gasteiger partial charge in [-0.15, -0.1) is 11.8 Å². The summed E-state index contributed by atoms with van der Waals surface area (Å²) >= 11 is 1.46. The van der Waals surface area contributed by atoms with Gasteiger partial charge in [0.2, 0.25) is 5.91 Å². The van der Waals surface area contributed by atoms with Crippen LogP contribution in [0.2, 0.25) is 0 Å². The monoisotopic (exact) mass is 376 g/mol. The molecule has 0 spiro atoms. The Morgan fingerprint density at radius 3 is 2.65 bits per heavy atom. The molecule has 140 valence electrons. The predicted octanol–water partition coefficient (Wildman–Crippen LogP) is 3.27. The second kappa shape index (κ2) is 8.12. The van der Waals surface area contributed by atoms with Gasteiger partial charge >= 0.3 is 5.97 Å². The van der Waals surface area contributed by atoms with E-state index in [2.05, 4.69) is 10.6 Å². The van der Waals surface area contributed by atoms with Crippen LogP contribution in [0.15, 0.2) is 23.1 Å². The lowest BCUT2D eigenvalue weighted by molar-refractivity contribution is -0.143. The third-order valence-electron chi connectivity index (χ3n) is 5.07. The number of carboxylic acid groups (broad SMARTS) is 1. The predicted molar refractivity (Wildman–Crippen MR) is 100 cm³/mol. The van der Waals surface area contributed by atoms with Crippen molar-refractivity contribution < 1.29 is 19.5 Å². The summed E-state index contributed by atoms with van der Waals surface area (Å²) in [7, 11) is 0. The van der Waals surface area contributed by atoms with Gasteiger partial charge in [0.25, 0.3) is 5.91 Å². The third kappa shape index (κ3) is 4.20. The highest BCUT2D eigenvalue weighted by Gasteiger charge is 2.30. The molecule has 1 aliphatic carbocycles. The molecule has 0 radical (unpaired) electrons. The molecule has 6 nitrogen and oxygen atoms in total. The van der Waals surface area contributed by atoms with Crippen molar-refractivity contribution in [2.24, 2.45) is 5.92 Å². The summed E-state index contributed by atoms with van der Waals surface area (Å²) in [6.45, 7) is 1.84. The smallest absolute Gasteiger partial charge is 0.308 e. The number of thioether (sulfide) groups is 1. The molecular formula is C19H24N2O4S. The zero-order valence-corrected chi connectivity index (χ0v) is 15.6. The molecule has 0 bridgehead atoms. The Bertz CT molecular complexity index is 721. The van der Waals surface area contributed by atoms with E-state index in [1.165, 1.54) is 11.8 Å². The number of amides is 2. The average molecular weight is 376 g/mol. The van der Waals surface area contributed by atoms with Gasteiger partial charge in [-0.1, -0.05) is 25.7 Å². The molecule has 26 heavy (non-hydrogen) atoms. The van der Waals surface area contributed by atoms with E-state index in [0.29, 0.717) is 24.1 Å². The molecule has 3 atom stereocenters. The van der Waals surface area contributed by atoms with Crippen molar-refractivity contribution in [2.75, 3.05) is 5.32 Å². The fraction of sp³-hybridized carbons (Fsp3) is 0.526. The van der Waals surface area contributed by atoms with Crippen LogP contribution >= 0.6 is 11.8 Å². The van der Waals surface area contributed by atoms with Gasteiger partial charge in [-0.2, -0.15) is 0 Å². The van der Waals surface area contributed by atoms with Crippen LogP contribution in [0, 0.1) is 5.92 Å². The molecular weight excluding hydrogens is 352 g/mol. The van der Waals surface area contributed by atoms with Crippen molar-refractivity contribution in [3.63, 3.8) is 0 Å². The molecule has 0 aromatic heterocycles. The van der Waals surface area contributed by atoms with Crippen LogP contribution in [-0.4, -0.2) is 34.2 Å². The summed E-state index contributed by atoms with van der Waals surface area (Å²) in [5.74, 6) is -1.76. The lowest BCUT2D eigenvalue weighted by Gasteiger charge is -2.27. The molecule has 1 aromatic carbocycles. The maximum atomic E-state index is 12.7. The molecule has 3 rings (SSSR count). The lowest BCUT2D eigenvalue weighted by Crippen LogP contribution is -2.44. The number of benzene rings is 1. The number of anilines is 1. The minimum atomic E-state index is -0.847. The van der Waals surface area contributed by atoms with Crippen molar-refractivity contribution in [2.45, 2.75) is 61.6 Å². The molecule has 1 aromatic rings. The average Bonchev–Trinajstić information content (AvgIpc) is 2.57. The van der Waals surface area contributed by atoms with Crippen LogP contribution in [0.5, 0.6) is 0 Å². The van der Waals surface area contributed by atoms with Crippen LogP contribution in [-0.2, 0) is 9.59 Å². The maximum Gasteiger partial charge on any atom is 0.308 e. The molecule has 1 saturated carbocycles. The molecule has 3 N–H and O–H groups in total. The first kappa shape index (κ1) is 18.8. The van der Waals surface area contributed by atoms with Crippen LogP contribution in [0.1, 0.15) is 55.8 Å². The van der Waals surface area contributed by atoms with E-state index in [0.717, 1.165) is 30.6 Å². The number of aliphatic carboxylic acids is 1. The summed E-state index contributed by atoms with van der Waals surface area (Å²) in [5.41, 5.74) is 1.07. The van der Waals surface area contributed by atoms with E-state index in [4.69, 9.17) is 0 Å². The highest BCUT2D eigenvalue weighted by Crippen LogP contribution is 2.36. The third-order valence-corrected chi connectivity index (χ3v) is 6.25. The largest absolute Gasteiger partial charge is 0.481 e. The molecule has 3 unspecified atom stereocenters. The molecule has 1 fully saturated rings. The van der Waals surface area contributed by atoms with Gasteiger partial charge in [-0.3, -0.25) is 14.4 Å². The van der Waals surface area contributed by atoms with Crippen molar-refractivity contribution in [3.05, 3.63) is 23.8 Å². The molecule has 2 amide bonds. The number of carbonyl (C=O) groups is 3. The summed E-state index contributed by atoms with van der Waals surface area (Å²) in [5, 5.41) is 15.1. The van der Waals surface area contributed by atoms with Crippen molar-refractivity contribution in [3.8, 4) is 0 Å². The fourth-order valence-electron chi connectivity index (χ4n) is 3.55. The molecule has 2 aliphatic rings. The van der Waals surface area contributed by atoms with Crippen LogP contribution < -0.4 is 10.6 Å². The van der Waals surface area contributed by atoms with Crippen molar-refractivity contribution >= 4 is 35.2 Å². The highest BCUT2D eigenvalue weighted by molar-refractivity contribution is 8.00. The van der Waals surface area contributed by atoms with Gasteiger partial charge in [0.05, 0.1) is 16.9 Å². The van der Waals surface area contributed by atoms with Crippen LogP contribution in [0.4, 0.5) is 5.69 Å². The van der Waals surface area contributed by atoms with Gasteiger partial charge in [0.15, 0.2) is 0 Å². The Kier molecular flexibility index (Phi) is 5.86. The summed E-state index contributed by atoms with van der Waals surface area (Å²) in [4.78, 5) is 37.1. The lowest BCUT2D eigenvalue weighted by atomic mass is 9.86. The number of hydrogen-bond acceptors (Lipinski definition) is 4. The zero-order valence-electron chi connectivity index (χ0n) is 14.8. The fourth-order valence-corrected chi connectivity index (χ4v) is 4.48. The maximum absolute atomic E-state index is 12.7. The van der Waals surface area contributed by atoms with Crippen molar-refractivity contribution in [1.29, 1.82) is 0 Å². The second-order valence-electron chi connectivity index (χ2n) is 6.98. The van der Waals surface area contributed by atoms with Crippen LogP contribution in [0.3, 0.4) is 0 Å². The van der Waals surface area contributed by atoms with Gasteiger partial charge in [0, 0.05) is 16.5 Å². The van der Waals surface area contributed by atoms with Crippen molar-refractivity contribution in [1.82, 2.24) is 5.32 Å². The molecule has 1 aliphatic heterocycles. The minimum Gasteiger partial charge on any atom is -0.481 e. The van der Waals surface area contributed by atoms with E-state index < -0.39 is 11.9 Å². The Morgan fingerprint density at radius 1 is 1.19 bits per heavy atom. The van der Waals surface area contributed by atoms with E-state index in [9.17, 15) is 19.5 Å². The molecule has 7 heteroatoms. The quantitative estimate of drug-likeness (QED) is 0.752. The summed E-state index contributed by atoms with van der Waals surface area (Å²) in [6.07, 6.45) is 5.18. The van der Waals surface area contributed by atoms with E-state index in [1.807, 2.05) is 13.0 Å². The first-order chi connectivity index (χ1) is 12.5. The first-order valence-corrected chi connectivity index (χ1v) is 9.99. The molecule has 0 saturated heterocycles. The van der Waals surface area contributed by atoms with Crippen LogP contribution in [0.25, 0.3) is 0 Å². The Balaban J connectivity index is 1.75. The van der Waals surface area contributed by atoms with Gasteiger partial charge in [0.1, 0.15) is 0 Å². The number of nitrogens with one attached hydrogen (secondary N) is 2. The zero-order chi connectivity index (χ0) is 18.7. The van der Waals surface area contributed by atoms with Gasteiger partial charge < -0.3 is 15.7 Å². The Hall–Kier alpha value is -2.02. The van der Waals surface area contributed by atoms with E-state index in [1.54, 1.807) is 12.1 Å². The number of carboxylic acids is 1. The number of rotatable bonds is 3. The minimum absolute atomic E-state index is 0.0778. The topological polar surface area (TPSA) is 95.5 Å². The van der Waals surface area contributed by atoms with E-state index in [-0.39, 0.29) is 23.1 Å². The second-order valence-corrected chi connectivity index (χ2v) is 8.36. The Morgan fingerprint density at radius 2 is 1.92 bits per heavy atom. The SMILES string of the molecule is CC1Sc2ccc(C(=O)NC3CCCCCCC3C(=O)O)cc2NC1=O. The van der Waals surface area contributed by atoms with E-state index >= 15 is 0 Å². The Labute approximate surface area is 157 Å². The number of carbonyl (C=O) groups excluding carboxylic acids is 2. The molecule has 1 heterocycles. The summed E-state index contributed by atoms with van der Waals surface area (Å²) in [6, 6.07) is 4.86. The highest BCUT2D eigenvalue weighted by atomic mass is 32.2. The summed E-state index contributed by atoms with van der Waals surface area (Å²) < 4.78 is 0. The normalized spacial score (nSPS) is 26.0. The number of hydrogen-bond donors (Lipinski definition) is 3.